The first-order chi connectivity index (χ1) is 22.3. The highest BCUT2D eigenvalue weighted by Gasteiger charge is 2.29. The van der Waals surface area contributed by atoms with Gasteiger partial charge in [-0.05, 0) is 77.6 Å². The van der Waals surface area contributed by atoms with Crippen molar-refractivity contribution >= 4 is 34.1 Å². The number of hydrogen-bond donors (Lipinski definition) is 2. The zero-order valence-electron chi connectivity index (χ0n) is 30.0. The molecule has 1 aliphatic heterocycles. The minimum Gasteiger partial charge on any atom is -0.462 e. The maximum atomic E-state index is 13.1. The first-order valence-electron chi connectivity index (χ1n) is 18.5. The van der Waals surface area contributed by atoms with Gasteiger partial charge in [0.05, 0.1) is 12.1 Å². The molecular formula is C37H66N4O4S. The Labute approximate surface area is 284 Å². The summed E-state index contributed by atoms with van der Waals surface area (Å²) in [6.07, 6.45) is 20.7. The van der Waals surface area contributed by atoms with Crippen molar-refractivity contribution in [2.45, 2.75) is 155 Å². The topological polar surface area (TPSA) is 91.0 Å². The Balaban J connectivity index is 1.76. The van der Waals surface area contributed by atoms with Gasteiger partial charge in [0.1, 0.15) is 11.1 Å². The number of fused-ring (bicyclic) bond motifs is 1. The number of unbranched alkanes of at least 4 members (excludes halogenated alkanes) is 11. The average Bonchev–Trinajstić information content (AvgIpc) is 3.42. The second-order valence-corrected chi connectivity index (χ2v) is 14.5. The molecule has 1 aromatic rings. The highest BCUT2D eigenvalue weighted by atomic mass is 32.1. The summed E-state index contributed by atoms with van der Waals surface area (Å²) in [4.78, 5) is 44.0. The van der Waals surface area contributed by atoms with Crippen LogP contribution in [0.4, 0.5) is 5.00 Å². The maximum absolute atomic E-state index is 13.1. The number of nitrogens with one attached hydrogen (secondary N) is 2. The Hall–Kier alpha value is -2.13. The normalized spacial score (nSPS) is 12.9. The minimum atomic E-state index is -0.109. The van der Waals surface area contributed by atoms with Crippen molar-refractivity contribution in [3.63, 3.8) is 0 Å². The third-order valence-corrected chi connectivity index (χ3v) is 10.2. The van der Waals surface area contributed by atoms with Crippen molar-refractivity contribution in [1.82, 2.24) is 15.1 Å². The first-order valence-corrected chi connectivity index (χ1v) is 19.3. The standard InChI is InChI=1S/C37H66N4O4S/c1-6-8-10-12-14-16-21-30(22-17-15-13-11-9-7-2)45-34(43)24-19-18-23-33(42)41-28-25-31-32(29-41)46-37(38-3)35(31)36(44)39-26-20-27-40(4)5/h30,38H,6-29H2,1-5H3,(H,39,44). The molecule has 0 aliphatic carbocycles. The number of carbonyl (C=O) groups is 3. The second-order valence-electron chi connectivity index (χ2n) is 13.4. The third kappa shape index (κ3) is 15.6. The molecule has 2 heterocycles. The molecule has 0 fully saturated rings. The van der Waals surface area contributed by atoms with Crippen molar-refractivity contribution in [2.24, 2.45) is 0 Å². The number of amides is 2. The molecule has 0 aromatic carbocycles. The Kier molecular flexibility index (Phi) is 21.0. The lowest BCUT2D eigenvalue weighted by Gasteiger charge is -2.27. The zero-order valence-corrected chi connectivity index (χ0v) is 30.8. The van der Waals surface area contributed by atoms with Crippen LogP contribution in [0.5, 0.6) is 0 Å². The van der Waals surface area contributed by atoms with Crippen LogP contribution in [0, 0.1) is 0 Å². The van der Waals surface area contributed by atoms with Gasteiger partial charge in [-0.2, -0.15) is 0 Å². The lowest BCUT2D eigenvalue weighted by Crippen LogP contribution is -2.36. The van der Waals surface area contributed by atoms with Crippen LogP contribution in [0.3, 0.4) is 0 Å². The number of hydrogen-bond acceptors (Lipinski definition) is 7. The number of anilines is 1. The Morgan fingerprint density at radius 2 is 1.46 bits per heavy atom. The third-order valence-electron chi connectivity index (χ3n) is 9.01. The fourth-order valence-corrected chi connectivity index (χ4v) is 7.45. The molecule has 1 aromatic heterocycles. The summed E-state index contributed by atoms with van der Waals surface area (Å²) >= 11 is 1.58. The van der Waals surface area contributed by atoms with Gasteiger partial charge in [0.2, 0.25) is 5.91 Å². The molecule has 2 N–H and O–H groups in total. The van der Waals surface area contributed by atoms with Crippen LogP contribution in [-0.2, 0) is 27.3 Å². The van der Waals surface area contributed by atoms with Crippen molar-refractivity contribution in [3.05, 3.63) is 16.0 Å². The van der Waals surface area contributed by atoms with E-state index in [2.05, 4.69) is 29.4 Å². The van der Waals surface area contributed by atoms with Crippen LogP contribution in [0.15, 0.2) is 0 Å². The minimum absolute atomic E-state index is 0.0338. The molecule has 0 bridgehead atoms. The maximum Gasteiger partial charge on any atom is 0.306 e. The monoisotopic (exact) mass is 662 g/mol. The average molecular weight is 663 g/mol. The SMILES string of the molecule is CCCCCCCCC(CCCCCCCC)OC(=O)CCCCC(=O)N1CCc2c(sc(NC)c2C(=O)NCCCN(C)C)C1. The molecule has 2 amide bonds. The van der Waals surface area contributed by atoms with Crippen molar-refractivity contribution < 1.29 is 19.1 Å². The molecule has 0 saturated carbocycles. The van der Waals surface area contributed by atoms with Gasteiger partial charge in [-0.1, -0.05) is 78.1 Å². The van der Waals surface area contributed by atoms with Crippen molar-refractivity contribution in [2.75, 3.05) is 46.1 Å². The van der Waals surface area contributed by atoms with E-state index in [1.54, 1.807) is 11.3 Å². The fourth-order valence-electron chi connectivity index (χ4n) is 6.23. The zero-order chi connectivity index (χ0) is 33.6. The lowest BCUT2D eigenvalue weighted by molar-refractivity contribution is -0.150. The van der Waals surface area contributed by atoms with E-state index in [0.717, 1.165) is 59.7 Å². The predicted molar refractivity (Wildman–Crippen MR) is 193 cm³/mol. The molecule has 0 unspecified atom stereocenters. The summed E-state index contributed by atoms with van der Waals surface area (Å²) < 4.78 is 5.98. The summed E-state index contributed by atoms with van der Waals surface area (Å²) in [5, 5.41) is 7.14. The first kappa shape index (κ1) is 40.0. The van der Waals surface area contributed by atoms with E-state index in [1.165, 1.54) is 64.2 Å². The smallest absolute Gasteiger partial charge is 0.306 e. The number of ether oxygens (including phenoxy) is 1. The summed E-state index contributed by atoms with van der Waals surface area (Å²) in [6.45, 7) is 7.22. The number of thiophene rings is 1. The molecule has 1 aliphatic rings. The van der Waals surface area contributed by atoms with E-state index in [4.69, 9.17) is 4.74 Å². The number of esters is 1. The Bertz CT molecular complexity index is 996. The van der Waals surface area contributed by atoms with Crippen LogP contribution in [-0.4, -0.2) is 74.5 Å². The Morgan fingerprint density at radius 3 is 2.07 bits per heavy atom. The van der Waals surface area contributed by atoms with Gasteiger partial charge in [0.15, 0.2) is 0 Å². The van der Waals surface area contributed by atoms with Crippen LogP contribution in [0.2, 0.25) is 0 Å². The molecule has 46 heavy (non-hydrogen) atoms. The number of carbonyl (C=O) groups excluding carboxylic acids is 3. The van der Waals surface area contributed by atoms with Crippen LogP contribution in [0.1, 0.15) is 157 Å². The molecule has 0 saturated heterocycles. The molecule has 0 atom stereocenters. The van der Waals surface area contributed by atoms with Crippen LogP contribution >= 0.6 is 11.3 Å². The van der Waals surface area contributed by atoms with E-state index in [9.17, 15) is 14.4 Å². The quantitative estimate of drug-likeness (QED) is 0.0766. The van der Waals surface area contributed by atoms with E-state index >= 15 is 0 Å². The van der Waals surface area contributed by atoms with Gasteiger partial charge in [-0.15, -0.1) is 11.3 Å². The van der Waals surface area contributed by atoms with E-state index in [0.29, 0.717) is 51.7 Å². The van der Waals surface area contributed by atoms with Gasteiger partial charge in [-0.3, -0.25) is 14.4 Å². The summed E-state index contributed by atoms with van der Waals surface area (Å²) in [5.74, 6) is -0.0201. The predicted octanol–water partition coefficient (Wildman–Crippen LogP) is 8.33. The number of rotatable bonds is 26. The van der Waals surface area contributed by atoms with Crippen LogP contribution < -0.4 is 10.6 Å². The summed E-state index contributed by atoms with van der Waals surface area (Å²) in [5.41, 5.74) is 1.81. The highest BCUT2D eigenvalue weighted by Crippen LogP contribution is 2.37. The van der Waals surface area contributed by atoms with Gasteiger partial charge in [-0.25, -0.2) is 0 Å². The van der Waals surface area contributed by atoms with Crippen LogP contribution in [0.25, 0.3) is 0 Å². The van der Waals surface area contributed by atoms with Crippen molar-refractivity contribution in [1.29, 1.82) is 0 Å². The summed E-state index contributed by atoms with van der Waals surface area (Å²) in [6, 6.07) is 0. The van der Waals surface area contributed by atoms with Gasteiger partial charge in [0, 0.05) is 37.9 Å². The molecular weight excluding hydrogens is 596 g/mol. The lowest BCUT2D eigenvalue weighted by atomic mass is 10.0. The van der Waals surface area contributed by atoms with E-state index < -0.39 is 0 Å². The van der Waals surface area contributed by atoms with Gasteiger partial charge >= 0.3 is 5.97 Å². The second kappa shape index (κ2) is 24.1. The number of nitrogens with zero attached hydrogens (tertiary/aromatic N) is 2. The van der Waals surface area contributed by atoms with Gasteiger partial charge < -0.3 is 25.2 Å². The molecule has 9 heteroatoms. The van der Waals surface area contributed by atoms with E-state index in [-0.39, 0.29) is 23.9 Å². The summed E-state index contributed by atoms with van der Waals surface area (Å²) in [7, 11) is 5.91. The van der Waals surface area contributed by atoms with Gasteiger partial charge in [0.25, 0.3) is 5.91 Å². The fraction of sp³-hybridized carbons (Fsp3) is 0.811. The molecule has 8 nitrogen and oxygen atoms in total. The van der Waals surface area contributed by atoms with Crippen molar-refractivity contribution in [3.8, 4) is 0 Å². The molecule has 0 spiro atoms. The molecule has 2 rings (SSSR count). The Morgan fingerprint density at radius 1 is 0.848 bits per heavy atom. The highest BCUT2D eigenvalue weighted by molar-refractivity contribution is 7.16. The van der Waals surface area contributed by atoms with E-state index in [1.807, 2.05) is 26.0 Å². The molecule has 0 radical (unpaired) electrons. The largest absolute Gasteiger partial charge is 0.462 e. The molecule has 264 valence electrons.